The van der Waals surface area contributed by atoms with E-state index in [0.717, 1.165) is 22.2 Å². The Hall–Kier alpha value is -2.41. The molecule has 0 unspecified atom stereocenters. The molecular formula is C17H23N5OS. The fraction of sp³-hybridized carbons (Fsp3) is 0.353. The number of thiazole rings is 1. The van der Waals surface area contributed by atoms with Gasteiger partial charge in [-0.1, -0.05) is 12.1 Å². The lowest BCUT2D eigenvalue weighted by atomic mass is 10.1. The molecule has 1 aromatic carbocycles. The minimum absolute atomic E-state index is 0.0813. The molecule has 6 nitrogen and oxygen atoms in total. The predicted octanol–water partition coefficient (Wildman–Crippen LogP) is 1.98. The molecule has 3 N–H and O–H groups in total. The normalized spacial score (nSPS) is 11.2. The van der Waals surface area contributed by atoms with Gasteiger partial charge in [-0.15, -0.1) is 11.3 Å². The molecule has 128 valence electrons. The second-order valence-corrected chi connectivity index (χ2v) is 6.58. The smallest absolute Gasteiger partial charge is 0.251 e. The quantitative estimate of drug-likeness (QED) is 0.572. The van der Waals surface area contributed by atoms with Gasteiger partial charge in [-0.05, 0) is 31.5 Å². The Bertz CT molecular complexity index is 721. The zero-order chi connectivity index (χ0) is 17.5. The van der Waals surface area contributed by atoms with Gasteiger partial charge in [-0.25, -0.2) is 4.98 Å². The van der Waals surface area contributed by atoms with Crippen LogP contribution in [0.25, 0.3) is 0 Å². The Morgan fingerprint density at radius 3 is 2.38 bits per heavy atom. The van der Waals surface area contributed by atoms with E-state index in [0.29, 0.717) is 18.7 Å². The van der Waals surface area contributed by atoms with Gasteiger partial charge < -0.3 is 16.0 Å². The molecule has 1 amide bonds. The summed E-state index contributed by atoms with van der Waals surface area (Å²) < 4.78 is 0. The first-order valence-corrected chi connectivity index (χ1v) is 8.53. The third-order valence-electron chi connectivity index (χ3n) is 3.54. The topological polar surface area (TPSA) is 78.4 Å². The van der Waals surface area contributed by atoms with Crippen LogP contribution < -0.4 is 16.0 Å². The predicted molar refractivity (Wildman–Crippen MR) is 98.5 cm³/mol. The Morgan fingerprint density at radius 1 is 1.17 bits per heavy atom. The van der Waals surface area contributed by atoms with Crippen LogP contribution in [0.1, 0.15) is 31.5 Å². The number of aliphatic imine (C=N–C) groups is 1. The second kappa shape index (κ2) is 8.44. The van der Waals surface area contributed by atoms with Gasteiger partial charge in [0.25, 0.3) is 5.91 Å². The van der Waals surface area contributed by atoms with Crippen molar-refractivity contribution in [3.8, 4) is 0 Å². The van der Waals surface area contributed by atoms with E-state index < -0.39 is 0 Å². The van der Waals surface area contributed by atoms with Crippen molar-refractivity contribution in [2.24, 2.45) is 4.99 Å². The maximum atomic E-state index is 11.5. The van der Waals surface area contributed by atoms with Crippen molar-refractivity contribution in [2.75, 3.05) is 14.1 Å². The van der Waals surface area contributed by atoms with E-state index in [1.807, 2.05) is 38.1 Å². The maximum Gasteiger partial charge on any atom is 0.251 e. The molecule has 0 spiro atoms. The molecule has 2 aromatic rings. The number of benzene rings is 1. The van der Waals surface area contributed by atoms with Crippen LogP contribution in [0.3, 0.4) is 0 Å². The Morgan fingerprint density at radius 2 is 1.83 bits per heavy atom. The third-order valence-corrected chi connectivity index (χ3v) is 4.62. The van der Waals surface area contributed by atoms with Gasteiger partial charge in [0, 0.05) is 31.1 Å². The molecule has 0 atom stereocenters. The van der Waals surface area contributed by atoms with E-state index in [1.54, 1.807) is 25.4 Å². The van der Waals surface area contributed by atoms with Gasteiger partial charge in [0.2, 0.25) is 0 Å². The Labute approximate surface area is 146 Å². The molecule has 0 aliphatic rings. The fourth-order valence-electron chi connectivity index (χ4n) is 2.23. The zero-order valence-electron chi connectivity index (χ0n) is 14.4. The number of carbonyl (C=O) groups is 1. The minimum atomic E-state index is -0.0813. The van der Waals surface area contributed by atoms with Crippen molar-refractivity contribution in [1.29, 1.82) is 0 Å². The number of aromatic nitrogens is 1. The summed E-state index contributed by atoms with van der Waals surface area (Å²) in [5.74, 6) is 0.651. The summed E-state index contributed by atoms with van der Waals surface area (Å²) in [6.45, 7) is 5.36. The molecule has 0 aliphatic carbocycles. The zero-order valence-corrected chi connectivity index (χ0v) is 15.3. The summed E-state index contributed by atoms with van der Waals surface area (Å²) in [6, 6.07) is 7.49. The van der Waals surface area contributed by atoms with E-state index in [1.165, 1.54) is 4.88 Å². The molecule has 0 fully saturated rings. The number of amides is 1. The van der Waals surface area contributed by atoms with E-state index in [-0.39, 0.29) is 5.91 Å². The van der Waals surface area contributed by atoms with Crippen molar-refractivity contribution in [2.45, 2.75) is 26.9 Å². The monoisotopic (exact) mass is 345 g/mol. The Kier molecular flexibility index (Phi) is 6.31. The minimum Gasteiger partial charge on any atom is -0.355 e. The number of aryl methyl sites for hydroxylation is 2. The van der Waals surface area contributed by atoms with Crippen LogP contribution in [0.4, 0.5) is 0 Å². The van der Waals surface area contributed by atoms with Gasteiger partial charge in [0.05, 0.1) is 17.2 Å². The maximum absolute atomic E-state index is 11.5. The van der Waals surface area contributed by atoms with Crippen LogP contribution in [0.2, 0.25) is 0 Å². The van der Waals surface area contributed by atoms with Crippen LogP contribution in [0, 0.1) is 13.8 Å². The summed E-state index contributed by atoms with van der Waals surface area (Å²) in [6.07, 6.45) is 0. The van der Waals surface area contributed by atoms with Gasteiger partial charge in [0.15, 0.2) is 5.96 Å². The molecule has 1 heterocycles. The summed E-state index contributed by atoms with van der Waals surface area (Å²) in [5, 5.41) is 10.2. The number of carbonyl (C=O) groups excluding carboxylic acids is 1. The number of nitrogens with zero attached hydrogens (tertiary/aromatic N) is 2. The van der Waals surface area contributed by atoms with Crippen molar-refractivity contribution in [1.82, 2.24) is 20.9 Å². The highest BCUT2D eigenvalue weighted by Crippen LogP contribution is 2.16. The van der Waals surface area contributed by atoms with Crippen molar-refractivity contribution in [3.05, 3.63) is 51.0 Å². The lowest BCUT2D eigenvalue weighted by molar-refractivity contribution is 0.0963. The van der Waals surface area contributed by atoms with Crippen LogP contribution >= 0.6 is 11.3 Å². The molecule has 7 heteroatoms. The molecule has 2 rings (SSSR count). The van der Waals surface area contributed by atoms with E-state index in [9.17, 15) is 4.79 Å². The van der Waals surface area contributed by atoms with Gasteiger partial charge >= 0.3 is 0 Å². The lowest BCUT2D eigenvalue weighted by Crippen LogP contribution is -2.36. The molecule has 0 saturated heterocycles. The SMILES string of the molecule is CN=C(NCc1ccc(C(=O)NC)cc1)NCc1sc(C)nc1C. The second-order valence-electron chi connectivity index (χ2n) is 5.30. The third kappa shape index (κ3) is 4.79. The molecule has 0 aliphatic heterocycles. The first-order chi connectivity index (χ1) is 11.5. The highest BCUT2D eigenvalue weighted by Gasteiger charge is 2.06. The van der Waals surface area contributed by atoms with Crippen molar-refractivity contribution < 1.29 is 4.79 Å². The standard InChI is InChI=1S/C17H23N5OS/c1-11-15(24-12(2)22-11)10-21-17(19-4)20-9-13-5-7-14(8-6-13)16(23)18-3/h5-8H,9-10H2,1-4H3,(H,18,23)(H2,19,20,21). The molecule has 24 heavy (non-hydrogen) atoms. The van der Waals surface area contributed by atoms with Gasteiger partial charge in [-0.3, -0.25) is 9.79 Å². The number of guanidine groups is 1. The summed E-state index contributed by atoms with van der Waals surface area (Å²) in [5.41, 5.74) is 2.79. The molecular weight excluding hydrogens is 322 g/mol. The van der Waals surface area contributed by atoms with Crippen molar-refractivity contribution in [3.63, 3.8) is 0 Å². The lowest BCUT2D eigenvalue weighted by Gasteiger charge is -2.11. The molecule has 1 aromatic heterocycles. The van der Waals surface area contributed by atoms with Gasteiger partial charge in [-0.2, -0.15) is 0 Å². The number of rotatable bonds is 5. The molecule has 0 bridgehead atoms. The van der Waals surface area contributed by atoms with E-state index in [2.05, 4.69) is 25.9 Å². The van der Waals surface area contributed by atoms with Crippen LogP contribution in [0.5, 0.6) is 0 Å². The van der Waals surface area contributed by atoms with Crippen molar-refractivity contribution >= 4 is 23.2 Å². The van der Waals surface area contributed by atoms with E-state index >= 15 is 0 Å². The number of hydrogen-bond acceptors (Lipinski definition) is 4. The average molecular weight is 345 g/mol. The average Bonchev–Trinajstić information content (AvgIpc) is 2.92. The summed E-state index contributed by atoms with van der Waals surface area (Å²) in [4.78, 5) is 21.4. The molecule has 0 radical (unpaired) electrons. The summed E-state index contributed by atoms with van der Waals surface area (Å²) >= 11 is 1.69. The highest BCUT2D eigenvalue weighted by atomic mass is 32.1. The first kappa shape index (κ1) is 17.9. The number of nitrogens with one attached hydrogen (secondary N) is 3. The van der Waals surface area contributed by atoms with Crippen LogP contribution in [0.15, 0.2) is 29.3 Å². The first-order valence-electron chi connectivity index (χ1n) is 7.72. The van der Waals surface area contributed by atoms with Crippen LogP contribution in [-0.4, -0.2) is 30.9 Å². The molecule has 0 saturated carbocycles. The number of hydrogen-bond donors (Lipinski definition) is 3. The highest BCUT2D eigenvalue weighted by molar-refractivity contribution is 7.11. The fourth-order valence-corrected chi connectivity index (χ4v) is 3.10. The Balaban J connectivity index is 1.87. The van der Waals surface area contributed by atoms with E-state index in [4.69, 9.17) is 0 Å². The van der Waals surface area contributed by atoms with Crippen LogP contribution in [-0.2, 0) is 13.1 Å². The van der Waals surface area contributed by atoms with Gasteiger partial charge in [0.1, 0.15) is 0 Å². The summed E-state index contributed by atoms with van der Waals surface area (Å²) in [7, 11) is 3.37. The largest absolute Gasteiger partial charge is 0.355 e.